The van der Waals surface area contributed by atoms with Gasteiger partial charge in [-0.05, 0) is 90.9 Å². The number of carbonyl (C=O) groups is 4. The van der Waals surface area contributed by atoms with E-state index in [9.17, 15) is 19.2 Å². The van der Waals surface area contributed by atoms with E-state index in [1.165, 1.54) is 11.8 Å². The Bertz CT molecular complexity index is 1640. The molecule has 0 heterocycles. The Morgan fingerprint density at radius 3 is 2.09 bits per heavy atom. The van der Waals surface area contributed by atoms with E-state index < -0.39 is 11.8 Å². The van der Waals surface area contributed by atoms with Crippen molar-refractivity contribution in [3.8, 4) is 0 Å². The van der Waals surface area contributed by atoms with E-state index in [1.54, 1.807) is 109 Å². The Morgan fingerprint density at radius 2 is 1.42 bits per heavy atom. The number of benzene rings is 4. The molecule has 4 aromatic rings. The van der Waals surface area contributed by atoms with Crippen LogP contribution in [0.5, 0.6) is 0 Å². The number of unbranched alkanes of at least 4 members (excludes halogenated alkanes) is 1. The highest BCUT2D eigenvalue weighted by molar-refractivity contribution is 8.00. The van der Waals surface area contributed by atoms with Crippen molar-refractivity contribution in [3.05, 3.63) is 131 Å². The van der Waals surface area contributed by atoms with Crippen molar-refractivity contribution in [1.82, 2.24) is 5.32 Å². The van der Waals surface area contributed by atoms with Gasteiger partial charge in [-0.25, -0.2) is 4.79 Å². The Balaban J connectivity index is 1.32. The molecule has 0 aliphatic rings. The molecule has 0 atom stereocenters. The molecule has 0 aliphatic carbocycles. The largest absolute Gasteiger partial charge is 0.462 e. The number of hydrogen-bond acceptors (Lipinski definition) is 6. The smallest absolute Gasteiger partial charge is 0.338 e. The second-order valence-electron chi connectivity index (χ2n) is 9.81. The van der Waals surface area contributed by atoms with Gasteiger partial charge in [0.15, 0.2) is 0 Å². The normalized spacial score (nSPS) is 10.9. The Hall–Kier alpha value is -4.86. The maximum absolute atomic E-state index is 13.2. The lowest BCUT2D eigenvalue weighted by atomic mass is 10.1. The van der Waals surface area contributed by atoms with Crippen molar-refractivity contribution in [2.45, 2.75) is 24.7 Å². The molecule has 4 rings (SSSR count). The monoisotopic (exact) mass is 641 g/mol. The molecular weight excluding hydrogens is 610 g/mol. The van der Waals surface area contributed by atoms with Crippen molar-refractivity contribution in [1.29, 1.82) is 0 Å². The molecule has 45 heavy (non-hydrogen) atoms. The standard InChI is InChI=1S/C35H32ClN3O5S/c1-2-3-21-44-35(43)26-11-15-28(16-12-26)37-32(40)23-45-30-19-17-29(18-20-30)38-34(42)31(22-24-9-13-27(36)14-10-24)39-33(41)25-7-5-4-6-8-25/h4-20,22H,2-3,21,23H2,1H3,(H,37,40)(H,38,42)(H,39,41)/b31-22-. The van der Waals surface area contributed by atoms with E-state index in [0.29, 0.717) is 39.7 Å². The second kappa shape index (κ2) is 16.8. The molecule has 4 aromatic carbocycles. The molecule has 0 bridgehead atoms. The van der Waals surface area contributed by atoms with Gasteiger partial charge in [-0.15, -0.1) is 11.8 Å². The highest BCUT2D eigenvalue weighted by Gasteiger charge is 2.15. The van der Waals surface area contributed by atoms with Crippen molar-refractivity contribution in [2.24, 2.45) is 0 Å². The minimum absolute atomic E-state index is 0.0581. The Morgan fingerprint density at radius 1 is 0.778 bits per heavy atom. The van der Waals surface area contributed by atoms with Crippen molar-refractivity contribution in [3.63, 3.8) is 0 Å². The van der Waals surface area contributed by atoms with E-state index in [4.69, 9.17) is 16.3 Å². The number of esters is 1. The number of carbonyl (C=O) groups excluding carboxylic acids is 4. The van der Waals surface area contributed by atoms with Crippen LogP contribution in [-0.4, -0.2) is 36.1 Å². The average Bonchev–Trinajstić information content (AvgIpc) is 3.06. The first kappa shape index (κ1) is 33.0. The summed E-state index contributed by atoms with van der Waals surface area (Å²) in [5, 5.41) is 8.88. The first-order valence-corrected chi connectivity index (χ1v) is 15.6. The van der Waals surface area contributed by atoms with Crippen molar-refractivity contribution >= 4 is 64.5 Å². The lowest BCUT2D eigenvalue weighted by Crippen LogP contribution is -2.30. The fourth-order valence-electron chi connectivity index (χ4n) is 3.93. The number of ether oxygens (including phenoxy) is 1. The van der Waals surface area contributed by atoms with Crippen molar-refractivity contribution in [2.75, 3.05) is 23.0 Å². The summed E-state index contributed by atoms with van der Waals surface area (Å²) in [5.74, 6) is -1.36. The SMILES string of the molecule is CCCCOC(=O)c1ccc(NC(=O)CSc2ccc(NC(=O)/C(=C/c3ccc(Cl)cc3)NC(=O)c3ccccc3)cc2)cc1. The molecule has 0 unspecified atom stereocenters. The van der Waals surface area contributed by atoms with E-state index in [2.05, 4.69) is 16.0 Å². The van der Waals surface area contributed by atoms with Crippen LogP contribution in [0.3, 0.4) is 0 Å². The van der Waals surface area contributed by atoms with Gasteiger partial charge in [-0.1, -0.05) is 55.3 Å². The third kappa shape index (κ3) is 10.7. The molecule has 0 saturated heterocycles. The Kier molecular flexibility index (Phi) is 12.4. The number of rotatable bonds is 13. The summed E-state index contributed by atoms with van der Waals surface area (Å²) in [5.41, 5.74) is 2.67. The summed E-state index contributed by atoms with van der Waals surface area (Å²) in [6, 6.07) is 29.1. The number of anilines is 2. The molecule has 3 N–H and O–H groups in total. The third-order valence-corrected chi connectivity index (χ3v) is 7.59. The minimum atomic E-state index is -0.505. The number of amides is 3. The number of thioether (sulfide) groups is 1. The molecule has 0 aromatic heterocycles. The first-order valence-electron chi connectivity index (χ1n) is 14.3. The zero-order chi connectivity index (χ0) is 32.0. The molecular formula is C35H32ClN3O5S. The molecule has 0 fully saturated rings. The van der Waals surface area contributed by atoms with Gasteiger partial charge in [0.1, 0.15) is 5.70 Å². The van der Waals surface area contributed by atoms with E-state index in [-0.39, 0.29) is 23.3 Å². The molecule has 0 spiro atoms. The summed E-state index contributed by atoms with van der Waals surface area (Å²) >= 11 is 7.33. The molecule has 230 valence electrons. The zero-order valence-electron chi connectivity index (χ0n) is 24.5. The quantitative estimate of drug-likeness (QED) is 0.0605. The minimum Gasteiger partial charge on any atom is -0.462 e. The van der Waals surface area contributed by atoms with Crippen molar-refractivity contribution < 1.29 is 23.9 Å². The van der Waals surface area contributed by atoms with Crippen LogP contribution in [0, 0.1) is 0 Å². The van der Waals surface area contributed by atoms with Gasteiger partial charge in [-0.2, -0.15) is 0 Å². The molecule has 0 radical (unpaired) electrons. The van der Waals surface area contributed by atoms with Gasteiger partial charge in [-0.3, -0.25) is 14.4 Å². The van der Waals surface area contributed by atoms with Crippen LogP contribution in [-0.2, 0) is 14.3 Å². The predicted octanol–water partition coefficient (Wildman–Crippen LogP) is 7.44. The van der Waals surface area contributed by atoms with Gasteiger partial charge < -0.3 is 20.7 Å². The van der Waals surface area contributed by atoms with Crippen LogP contribution >= 0.6 is 23.4 Å². The van der Waals surface area contributed by atoms with Crippen LogP contribution in [0.25, 0.3) is 6.08 Å². The number of hydrogen-bond donors (Lipinski definition) is 3. The Labute approximate surface area is 271 Å². The fourth-order valence-corrected chi connectivity index (χ4v) is 4.75. The van der Waals surface area contributed by atoms with Crippen LogP contribution in [0.4, 0.5) is 11.4 Å². The van der Waals surface area contributed by atoms with Gasteiger partial charge in [0, 0.05) is 26.9 Å². The van der Waals surface area contributed by atoms with Gasteiger partial charge in [0.2, 0.25) is 5.91 Å². The maximum Gasteiger partial charge on any atom is 0.338 e. The molecule has 0 aliphatic heterocycles. The van der Waals surface area contributed by atoms with Gasteiger partial charge in [0.05, 0.1) is 17.9 Å². The van der Waals surface area contributed by atoms with Crippen LogP contribution in [0.2, 0.25) is 5.02 Å². The maximum atomic E-state index is 13.2. The van der Waals surface area contributed by atoms with Crippen LogP contribution < -0.4 is 16.0 Å². The first-order chi connectivity index (χ1) is 21.8. The molecule has 8 nitrogen and oxygen atoms in total. The summed E-state index contributed by atoms with van der Waals surface area (Å²) < 4.78 is 5.20. The lowest BCUT2D eigenvalue weighted by molar-refractivity contribution is -0.114. The summed E-state index contributed by atoms with van der Waals surface area (Å²) in [6.07, 6.45) is 3.33. The van der Waals surface area contributed by atoms with E-state index >= 15 is 0 Å². The zero-order valence-corrected chi connectivity index (χ0v) is 26.1. The van der Waals surface area contributed by atoms with E-state index in [0.717, 1.165) is 17.7 Å². The summed E-state index contributed by atoms with van der Waals surface area (Å²) in [7, 11) is 0. The molecule has 0 saturated carbocycles. The summed E-state index contributed by atoms with van der Waals surface area (Å²) in [6.45, 7) is 2.41. The molecule has 3 amide bonds. The fraction of sp³-hybridized carbons (Fsp3) is 0.143. The summed E-state index contributed by atoms with van der Waals surface area (Å²) in [4.78, 5) is 51.4. The highest BCUT2D eigenvalue weighted by Crippen LogP contribution is 2.22. The van der Waals surface area contributed by atoms with Gasteiger partial charge >= 0.3 is 5.97 Å². The van der Waals surface area contributed by atoms with Crippen LogP contribution in [0.15, 0.2) is 114 Å². The second-order valence-corrected chi connectivity index (χ2v) is 11.3. The highest BCUT2D eigenvalue weighted by atomic mass is 35.5. The van der Waals surface area contributed by atoms with E-state index in [1.807, 2.05) is 6.92 Å². The predicted molar refractivity (Wildman–Crippen MR) is 179 cm³/mol. The third-order valence-electron chi connectivity index (χ3n) is 6.33. The number of nitrogens with one attached hydrogen (secondary N) is 3. The molecule has 10 heteroatoms. The van der Waals surface area contributed by atoms with Gasteiger partial charge in [0.25, 0.3) is 11.8 Å². The topological polar surface area (TPSA) is 114 Å². The average molecular weight is 642 g/mol. The van der Waals surface area contributed by atoms with Crippen LogP contribution in [0.1, 0.15) is 46.0 Å². The number of halogens is 1. The lowest BCUT2D eigenvalue weighted by Gasteiger charge is -2.12.